The van der Waals surface area contributed by atoms with Crippen molar-refractivity contribution in [3.8, 4) is 11.5 Å². The second-order valence-corrected chi connectivity index (χ2v) is 3.24. The van der Waals surface area contributed by atoms with E-state index in [1.165, 1.54) is 23.5 Å². The van der Waals surface area contributed by atoms with E-state index in [4.69, 9.17) is 0 Å². The summed E-state index contributed by atoms with van der Waals surface area (Å²) in [5.74, 6) is -0.936. The zero-order valence-corrected chi connectivity index (χ0v) is 8.83. The summed E-state index contributed by atoms with van der Waals surface area (Å²) in [7, 11) is 0. The summed E-state index contributed by atoms with van der Waals surface area (Å²) in [6, 6.07) is 1.89. The van der Waals surface area contributed by atoms with E-state index in [0.717, 1.165) is 12.1 Å². The molecule has 9 nitrogen and oxygen atoms in total. The first-order chi connectivity index (χ1) is 8.58. The monoisotopic (exact) mass is 249 g/mol. The largest absolute Gasteiger partial charge is 0.507 e. The lowest BCUT2D eigenvalue weighted by molar-refractivity contribution is -0.385. The summed E-state index contributed by atoms with van der Waals surface area (Å²) < 4.78 is 1.25. The molecule has 1 aromatic heterocycles. The number of aromatic nitrogens is 3. The lowest BCUT2D eigenvalue weighted by Crippen LogP contribution is -1.93. The number of phenolic OH excluding ortho intramolecular Hbond substituents is 2. The van der Waals surface area contributed by atoms with E-state index in [9.17, 15) is 20.3 Å². The van der Waals surface area contributed by atoms with Gasteiger partial charge in [0.25, 0.3) is 0 Å². The van der Waals surface area contributed by atoms with Crippen LogP contribution in [-0.2, 0) is 0 Å². The molecule has 0 amide bonds. The van der Waals surface area contributed by atoms with E-state index in [1.807, 2.05) is 0 Å². The lowest BCUT2D eigenvalue weighted by Gasteiger charge is -2.01. The molecule has 0 saturated carbocycles. The number of rotatable bonds is 3. The molecule has 0 bridgehead atoms. The molecule has 0 saturated heterocycles. The first-order valence-electron chi connectivity index (χ1n) is 4.67. The molecule has 0 aliphatic heterocycles. The average molecular weight is 249 g/mol. The summed E-state index contributed by atoms with van der Waals surface area (Å²) >= 11 is 0. The van der Waals surface area contributed by atoms with Crippen molar-refractivity contribution in [1.82, 2.24) is 14.9 Å². The lowest BCUT2D eigenvalue weighted by atomic mass is 10.2. The van der Waals surface area contributed by atoms with Crippen LogP contribution in [0.2, 0.25) is 0 Å². The highest BCUT2D eigenvalue weighted by Crippen LogP contribution is 2.31. The second kappa shape index (κ2) is 4.49. The second-order valence-electron chi connectivity index (χ2n) is 3.24. The Bertz CT molecular complexity index is 608. The Morgan fingerprint density at radius 2 is 1.94 bits per heavy atom. The third-order valence-electron chi connectivity index (χ3n) is 2.06. The minimum atomic E-state index is -0.759. The fraction of sp³-hybridized carbons (Fsp3) is 0. The molecular weight excluding hydrogens is 242 g/mol. The van der Waals surface area contributed by atoms with Crippen molar-refractivity contribution in [2.45, 2.75) is 0 Å². The SMILES string of the molecule is O=[N+]([O-])c1cc(/C=N/n2cnnc2)c(O)cc1O. The summed E-state index contributed by atoms with van der Waals surface area (Å²) in [4.78, 5) is 9.85. The molecule has 0 aliphatic carbocycles. The Hall–Kier alpha value is -2.97. The summed E-state index contributed by atoms with van der Waals surface area (Å²) in [5, 5.41) is 40.2. The van der Waals surface area contributed by atoms with Gasteiger partial charge in [0.15, 0.2) is 5.75 Å². The van der Waals surface area contributed by atoms with Crippen LogP contribution in [0, 0.1) is 10.1 Å². The van der Waals surface area contributed by atoms with Crippen molar-refractivity contribution in [2.24, 2.45) is 5.10 Å². The Balaban J connectivity index is 2.39. The van der Waals surface area contributed by atoms with Gasteiger partial charge in [0.2, 0.25) is 0 Å². The third-order valence-corrected chi connectivity index (χ3v) is 2.06. The molecule has 2 N–H and O–H groups in total. The van der Waals surface area contributed by atoms with Gasteiger partial charge in [-0.15, -0.1) is 10.2 Å². The van der Waals surface area contributed by atoms with Crippen molar-refractivity contribution in [3.05, 3.63) is 40.5 Å². The van der Waals surface area contributed by atoms with E-state index >= 15 is 0 Å². The Morgan fingerprint density at radius 1 is 1.28 bits per heavy atom. The minimum absolute atomic E-state index is 0.0909. The van der Waals surface area contributed by atoms with Crippen LogP contribution >= 0.6 is 0 Å². The van der Waals surface area contributed by atoms with E-state index < -0.39 is 16.4 Å². The van der Waals surface area contributed by atoms with E-state index in [0.29, 0.717) is 0 Å². The van der Waals surface area contributed by atoms with Crippen LogP contribution in [0.1, 0.15) is 5.56 Å². The number of aromatic hydroxyl groups is 2. The molecule has 0 radical (unpaired) electrons. The summed E-state index contributed by atoms with van der Waals surface area (Å²) in [6.45, 7) is 0. The molecule has 1 heterocycles. The van der Waals surface area contributed by atoms with Gasteiger partial charge in [-0.2, -0.15) is 5.10 Å². The van der Waals surface area contributed by atoms with Gasteiger partial charge in [-0.3, -0.25) is 10.1 Å². The zero-order valence-electron chi connectivity index (χ0n) is 8.83. The van der Waals surface area contributed by atoms with Gasteiger partial charge in [0.1, 0.15) is 18.4 Å². The first kappa shape index (κ1) is 11.5. The van der Waals surface area contributed by atoms with E-state index in [1.54, 1.807) is 0 Å². The third kappa shape index (κ3) is 2.24. The highest BCUT2D eigenvalue weighted by atomic mass is 16.6. The molecule has 0 aliphatic rings. The molecule has 2 rings (SSSR count). The van der Waals surface area contributed by atoms with Crippen LogP contribution in [0.4, 0.5) is 5.69 Å². The zero-order chi connectivity index (χ0) is 13.1. The molecule has 18 heavy (non-hydrogen) atoms. The van der Waals surface area contributed by atoms with Crippen LogP contribution in [-0.4, -0.2) is 36.2 Å². The van der Waals surface area contributed by atoms with Gasteiger partial charge < -0.3 is 10.2 Å². The first-order valence-corrected chi connectivity index (χ1v) is 4.67. The Labute approximate surface area is 99.8 Å². The fourth-order valence-corrected chi connectivity index (χ4v) is 1.22. The van der Waals surface area contributed by atoms with Crippen molar-refractivity contribution in [2.75, 3.05) is 0 Å². The molecule has 9 heteroatoms. The van der Waals surface area contributed by atoms with Gasteiger partial charge in [0.05, 0.1) is 11.1 Å². The van der Waals surface area contributed by atoms with Crippen LogP contribution in [0.5, 0.6) is 11.5 Å². The average Bonchev–Trinajstić information content (AvgIpc) is 2.80. The van der Waals surface area contributed by atoms with Gasteiger partial charge in [0, 0.05) is 17.7 Å². The van der Waals surface area contributed by atoms with Crippen molar-refractivity contribution >= 4 is 11.9 Å². The summed E-state index contributed by atoms with van der Waals surface area (Å²) in [5.41, 5.74) is -0.425. The standard InChI is InChI=1S/C9H7N5O4/c15-8-2-9(16)7(14(17)18)1-6(8)3-12-13-4-10-11-5-13/h1-5,15-16H/b12-3+. The van der Waals surface area contributed by atoms with Gasteiger partial charge >= 0.3 is 5.69 Å². The van der Waals surface area contributed by atoms with Gasteiger partial charge in [-0.1, -0.05) is 0 Å². The van der Waals surface area contributed by atoms with Crippen molar-refractivity contribution in [1.29, 1.82) is 0 Å². The number of hydrogen-bond acceptors (Lipinski definition) is 7. The normalized spacial score (nSPS) is 10.9. The molecule has 0 fully saturated rings. The number of nitro groups is 1. The molecule has 2 aromatic rings. The van der Waals surface area contributed by atoms with Crippen LogP contribution in [0.3, 0.4) is 0 Å². The minimum Gasteiger partial charge on any atom is -0.507 e. The summed E-state index contributed by atoms with van der Waals surface area (Å²) in [6.07, 6.45) is 3.80. The van der Waals surface area contributed by atoms with Crippen LogP contribution < -0.4 is 0 Å². The Kier molecular flexibility index (Phi) is 2.87. The molecule has 0 spiro atoms. The number of hydrogen-bond donors (Lipinski definition) is 2. The van der Waals surface area contributed by atoms with E-state index in [2.05, 4.69) is 15.3 Å². The van der Waals surface area contributed by atoms with Crippen molar-refractivity contribution < 1.29 is 15.1 Å². The predicted molar refractivity (Wildman–Crippen MR) is 59.4 cm³/mol. The quantitative estimate of drug-likeness (QED) is 0.462. The van der Waals surface area contributed by atoms with Crippen LogP contribution in [0.15, 0.2) is 29.9 Å². The topological polar surface area (TPSA) is 127 Å². The smallest absolute Gasteiger partial charge is 0.311 e. The molecular formula is C9H7N5O4. The highest BCUT2D eigenvalue weighted by molar-refractivity contribution is 5.85. The van der Waals surface area contributed by atoms with E-state index in [-0.39, 0.29) is 11.3 Å². The number of nitro benzene ring substituents is 1. The Morgan fingerprint density at radius 3 is 2.56 bits per heavy atom. The van der Waals surface area contributed by atoms with Crippen LogP contribution in [0.25, 0.3) is 0 Å². The van der Waals surface area contributed by atoms with Crippen molar-refractivity contribution in [3.63, 3.8) is 0 Å². The predicted octanol–water partition coefficient (Wildman–Crippen LogP) is 0.480. The maximum atomic E-state index is 10.6. The number of phenols is 2. The maximum absolute atomic E-state index is 10.6. The van der Waals surface area contributed by atoms with Gasteiger partial charge in [-0.25, -0.2) is 4.68 Å². The molecule has 1 aromatic carbocycles. The highest BCUT2D eigenvalue weighted by Gasteiger charge is 2.16. The molecule has 0 atom stereocenters. The molecule has 0 unspecified atom stereocenters. The number of benzene rings is 1. The molecule has 92 valence electrons. The van der Waals surface area contributed by atoms with Gasteiger partial charge in [-0.05, 0) is 0 Å². The maximum Gasteiger partial charge on any atom is 0.311 e. The fourth-order valence-electron chi connectivity index (χ4n) is 1.22. The number of nitrogens with zero attached hydrogens (tertiary/aromatic N) is 5.